The van der Waals surface area contributed by atoms with Crippen molar-refractivity contribution in [3.05, 3.63) is 77.6 Å². The number of pyridine rings is 1. The molecule has 134 valence electrons. The van der Waals surface area contributed by atoms with Crippen molar-refractivity contribution in [2.24, 2.45) is 11.8 Å². The lowest BCUT2D eigenvalue weighted by molar-refractivity contribution is 0.326. The molecular formula is C23H22N4. The van der Waals surface area contributed by atoms with Crippen LogP contribution in [0.3, 0.4) is 0 Å². The maximum absolute atomic E-state index is 9.28. The molecule has 1 aliphatic rings. The molecule has 2 heterocycles. The Labute approximate surface area is 159 Å². The monoisotopic (exact) mass is 354 g/mol. The Bertz CT molecular complexity index is 1010. The van der Waals surface area contributed by atoms with E-state index < -0.39 is 0 Å². The Morgan fingerprint density at radius 3 is 2.78 bits per heavy atom. The van der Waals surface area contributed by atoms with Gasteiger partial charge in [-0.25, -0.2) is 4.98 Å². The molecule has 2 aromatic heterocycles. The number of imidazole rings is 1. The van der Waals surface area contributed by atoms with E-state index in [1.54, 1.807) is 6.33 Å². The van der Waals surface area contributed by atoms with E-state index in [1.165, 1.54) is 5.69 Å². The summed E-state index contributed by atoms with van der Waals surface area (Å²) in [7, 11) is 0. The molecule has 0 saturated heterocycles. The minimum Gasteiger partial charge on any atom is -0.348 e. The van der Waals surface area contributed by atoms with E-state index in [1.807, 2.05) is 42.6 Å². The summed E-state index contributed by atoms with van der Waals surface area (Å²) in [5.41, 5.74) is 5.87. The minimum atomic E-state index is 0.302. The SMILES string of the molecule is C[C@H]1[C@H](C=Cc2ccc(-c3ccccc3C#N)cn2)c2nc[nH]c2C[C@@H]1C. The first-order valence-corrected chi connectivity index (χ1v) is 9.33. The number of H-pyrrole nitrogens is 1. The zero-order chi connectivity index (χ0) is 18.8. The summed E-state index contributed by atoms with van der Waals surface area (Å²) in [5.74, 6) is 1.46. The number of hydrogen-bond donors (Lipinski definition) is 1. The zero-order valence-corrected chi connectivity index (χ0v) is 15.6. The van der Waals surface area contributed by atoms with Gasteiger partial charge in [-0.05, 0) is 36.5 Å². The van der Waals surface area contributed by atoms with Gasteiger partial charge in [-0.1, -0.05) is 44.2 Å². The summed E-state index contributed by atoms with van der Waals surface area (Å²) in [6.07, 6.45) is 9.01. The molecule has 3 aromatic rings. The standard InChI is InChI=1S/C23H22N4/c1-15-11-22-23(27-14-26-22)20(16(15)2)10-9-19-8-7-18(13-25-19)21-6-4-3-5-17(21)12-24/h3-10,13-16,20H,11H2,1-2H3,(H,26,27)/t15-,16+,20-/m0/s1. The van der Waals surface area contributed by atoms with Crippen LogP contribution in [0, 0.1) is 23.2 Å². The lowest BCUT2D eigenvalue weighted by Crippen LogP contribution is -2.24. The molecule has 0 fully saturated rings. The number of aromatic amines is 1. The van der Waals surface area contributed by atoms with Crippen molar-refractivity contribution < 1.29 is 0 Å². The van der Waals surface area contributed by atoms with Crippen LogP contribution in [0.2, 0.25) is 0 Å². The Kier molecular flexibility index (Phi) is 4.60. The lowest BCUT2D eigenvalue weighted by Gasteiger charge is -2.31. The summed E-state index contributed by atoms with van der Waals surface area (Å²) in [6.45, 7) is 4.60. The van der Waals surface area contributed by atoms with Crippen molar-refractivity contribution in [1.29, 1.82) is 5.26 Å². The molecule has 0 bridgehead atoms. The Morgan fingerprint density at radius 2 is 2.00 bits per heavy atom. The smallest absolute Gasteiger partial charge is 0.0998 e. The molecule has 0 spiro atoms. The number of benzene rings is 1. The number of fused-ring (bicyclic) bond motifs is 1. The van der Waals surface area contributed by atoms with Crippen molar-refractivity contribution in [2.75, 3.05) is 0 Å². The van der Waals surface area contributed by atoms with Gasteiger partial charge in [0.1, 0.15) is 0 Å². The number of nitrogens with one attached hydrogen (secondary N) is 1. The minimum absolute atomic E-state index is 0.302. The Hall–Kier alpha value is -3.19. The molecular weight excluding hydrogens is 332 g/mol. The van der Waals surface area contributed by atoms with Crippen molar-refractivity contribution in [3.63, 3.8) is 0 Å². The fourth-order valence-electron chi connectivity index (χ4n) is 3.86. The molecule has 1 aliphatic carbocycles. The van der Waals surface area contributed by atoms with Crippen LogP contribution < -0.4 is 0 Å². The molecule has 1 N–H and O–H groups in total. The van der Waals surface area contributed by atoms with Crippen LogP contribution in [0.4, 0.5) is 0 Å². The molecule has 4 nitrogen and oxygen atoms in total. The summed E-state index contributed by atoms with van der Waals surface area (Å²) < 4.78 is 0. The van der Waals surface area contributed by atoms with E-state index in [9.17, 15) is 5.26 Å². The molecule has 27 heavy (non-hydrogen) atoms. The molecule has 0 aliphatic heterocycles. The molecule has 1 aromatic carbocycles. The third kappa shape index (κ3) is 3.29. The van der Waals surface area contributed by atoms with Gasteiger partial charge in [-0.15, -0.1) is 0 Å². The van der Waals surface area contributed by atoms with Crippen LogP contribution in [-0.4, -0.2) is 15.0 Å². The Morgan fingerprint density at radius 1 is 1.15 bits per heavy atom. The third-order valence-electron chi connectivity index (χ3n) is 5.68. The van der Waals surface area contributed by atoms with Gasteiger partial charge >= 0.3 is 0 Å². The van der Waals surface area contributed by atoms with Crippen molar-refractivity contribution in [1.82, 2.24) is 15.0 Å². The predicted octanol–water partition coefficient (Wildman–Crippen LogP) is 4.97. The van der Waals surface area contributed by atoms with Gasteiger partial charge < -0.3 is 4.98 Å². The molecule has 0 unspecified atom stereocenters. The quantitative estimate of drug-likeness (QED) is 0.722. The fraction of sp³-hybridized carbons (Fsp3) is 0.261. The van der Waals surface area contributed by atoms with E-state index in [2.05, 4.69) is 47.0 Å². The van der Waals surface area contributed by atoms with Crippen molar-refractivity contribution in [3.8, 4) is 17.2 Å². The van der Waals surface area contributed by atoms with Gasteiger partial charge in [0, 0.05) is 28.9 Å². The number of nitrogens with zero attached hydrogens (tertiary/aromatic N) is 3. The number of nitriles is 1. The summed E-state index contributed by atoms with van der Waals surface area (Å²) in [4.78, 5) is 12.4. The number of allylic oxidation sites excluding steroid dienone is 1. The Balaban J connectivity index is 1.58. The van der Waals surface area contributed by atoms with E-state index in [4.69, 9.17) is 0 Å². The predicted molar refractivity (Wildman–Crippen MR) is 107 cm³/mol. The van der Waals surface area contributed by atoms with Gasteiger partial charge in [-0.3, -0.25) is 4.98 Å². The highest BCUT2D eigenvalue weighted by atomic mass is 14.9. The highest BCUT2D eigenvalue weighted by Crippen LogP contribution is 2.38. The first-order chi connectivity index (χ1) is 13.2. The average molecular weight is 354 g/mol. The number of hydrogen-bond acceptors (Lipinski definition) is 3. The second kappa shape index (κ2) is 7.20. The highest BCUT2D eigenvalue weighted by Gasteiger charge is 2.31. The van der Waals surface area contributed by atoms with Crippen LogP contribution in [0.1, 0.15) is 42.4 Å². The topological polar surface area (TPSA) is 65.4 Å². The highest BCUT2D eigenvalue weighted by molar-refractivity contribution is 5.70. The van der Waals surface area contributed by atoms with Gasteiger partial charge in [0.25, 0.3) is 0 Å². The maximum atomic E-state index is 9.28. The van der Waals surface area contributed by atoms with Gasteiger partial charge in [0.15, 0.2) is 0 Å². The molecule has 4 heteroatoms. The maximum Gasteiger partial charge on any atom is 0.0998 e. The number of aromatic nitrogens is 3. The fourth-order valence-corrected chi connectivity index (χ4v) is 3.86. The lowest BCUT2D eigenvalue weighted by atomic mass is 9.74. The van der Waals surface area contributed by atoms with Gasteiger partial charge in [0.2, 0.25) is 0 Å². The zero-order valence-electron chi connectivity index (χ0n) is 15.6. The number of rotatable bonds is 3. The second-order valence-electron chi connectivity index (χ2n) is 7.32. The van der Waals surface area contributed by atoms with E-state index in [0.29, 0.717) is 23.3 Å². The molecule has 4 rings (SSSR count). The van der Waals surface area contributed by atoms with E-state index in [-0.39, 0.29) is 0 Å². The average Bonchev–Trinajstić information content (AvgIpc) is 3.16. The van der Waals surface area contributed by atoms with Crippen LogP contribution >= 0.6 is 0 Å². The first-order valence-electron chi connectivity index (χ1n) is 9.33. The van der Waals surface area contributed by atoms with Crippen molar-refractivity contribution in [2.45, 2.75) is 26.2 Å². The molecule has 0 amide bonds. The third-order valence-corrected chi connectivity index (χ3v) is 5.68. The van der Waals surface area contributed by atoms with Crippen LogP contribution in [0.15, 0.2) is 55.0 Å². The van der Waals surface area contributed by atoms with Gasteiger partial charge in [-0.2, -0.15) is 5.26 Å². The molecule has 0 saturated carbocycles. The van der Waals surface area contributed by atoms with Crippen LogP contribution in [0.5, 0.6) is 0 Å². The molecule has 3 atom stereocenters. The second-order valence-corrected chi connectivity index (χ2v) is 7.32. The first kappa shape index (κ1) is 17.2. The van der Waals surface area contributed by atoms with Crippen molar-refractivity contribution >= 4 is 6.08 Å². The normalized spacial score (nSPS) is 21.7. The van der Waals surface area contributed by atoms with Crippen LogP contribution in [0.25, 0.3) is 17.2 Å². The largest absolute Gasteiger partial charge is 0.348 e. The van der Waals surface area contributed by atoms with Crippen LogP contribution in [-0.2, 0) is 6.42 Å². The summed E-state index contributed by atoms with van der Waals surface area (Å²) in [6, 6.07) is 13.9. The molecule has 0 radical (unpaired) electrons. The summed E-state index contributed by atoms with van der Waals surface area (Å²) >= 11 is 0. The van der Waals surface area contributed by atoms with E-state index >= 15 is 0 Å². The summed E-state index contributed by atoms with van der Waals surface area (Å²) in [5, 5.41) is 9.28. The van der Waals surface area contributed by atoms with E-state index in [0.717, 1.165) is 28.9 Å². The van der Waals surface area contributed by atoms with Gasteiger partial charge in [0.05, 0.1) is 29.3 Å².